The average Bonchev–Trinajstić information content (AvgIpc) is 3.33. The third-order valence-electron chi connectivity index (χ3n) is 5.44. The van der Waals surface area contributed by atoms with Gasteiger partial charge < -0.3 is 15.0 Å². The molecular formula is C27H27N3O3. The Hall–Kier alpha value is -3.93. The number of Topliss-reactive ketones (excluding diaryl/α,β-unsaturated/α-hetero) is 1. The molecule has 0 aliphatic carbocycles. The van der Waals surface area contributed by atoms with Crippen molar-refractivity contribution in [2.75, 3.05) is 6.61 Å². The number of nitrogens with one attached hydrogen (secondary N) is 2. The molecule has 0 radical (unpaired) electrons. The van der Waals surface area contributed by atoms with E-state index < -0.39 is 0 Å². The zero-order chi connectivity index (χ0) is 23.0. The number of carbonyl (C=O) groups excluding carboxylic acids is 2. The average molecular weight is 442 g/mol. The third kappa shape index (κ3) is 5.66. The summed E-state index contributed by atoms with van der Waals surface area (Å²) in [6.07, 6.45) is 2.83. The number of rotatable bonds is 10. The van der Waals surface area contributed by atoms with Crippen LogP contribution in [0.3, 0.4) is 0 Å². The Kier molecular flexibility index (Phi) is 7.15. The summed E-state index contributed by atoms with van der Waals surface area (Å²) in [5.74, 6) is 0.498. The van der Waals surface area contributed by atoms with Crippen LogP contribution in [-0.2, 0) is 4.79 Å². The number of hydrogen-bond acceptors (Lipinski definition) is 4. The molecule has 0 fully saturated rings. The van der Waals surface area contributed by atoms with E-state index in [0.29, 0.717) is 12.2 Å². The number of aromatic amines is 1. The highest BCUT2D eigenvalue weighted by atomic mass is 16.5. The molecule has 2 N–H and O–H groups in total. The highest BCUT2D eigenvalue weighted by Crippen LogP contribution is 2.25. The van der Waals surface area contributed by atoms with Crippen molar-refractivity contribution in [3.63, 3.8) is 0 Å². The Balaban J connectivity index is 1.42. The molecule has 0 aliphatic rings. The fraction of sp³-hybridized carbons (Fsp3) is 0.222. The zero-order valence-corrected chi connectivity index (χ0v) is 18.6. The molecule has 0 saturated carbocycles. The molecule has 0 saturated heterocycles. The molecule has 6 nitrogen and oxygen atoms in total. The lowest BCUT2D eigenvalue weighted by Gasteiger charge is -2.20. The number of ether oxygens (including phenoxy) is 1. The predicted octanol–water partition coefficient (Wildman–Crippen LogP) is 5.22. The number of amides is 1. The van der Waals surface area contributed by atoms with E-state index in [9.17, 15) is 9.59 Å². The zero-order valence-electron chi connectivity index (χ0n) is 18.6. The normalized spacial score (nSPS) is 11.8. The monoisotopic (exact) mass is 441 g/mol. The van der Waals surface area contributed by atoms with Gasteiger partial charge in [-0.25, -0.2) is 4.98 Å². The fourth-order valence-corrected chi connectivity index (χ4v) is 3.70. The van der Waals surface area contributed by atoms with Gasteiger partial charge in [-0.15, -0.1) is 0 Å². The molecule has 4 aromatic rings. The highest BCUT2D eigenvalue weighted by Gasteiger charge is 2.18. The van der Waals surface area contributed by atoms with Crippen molar-refractivity contribution in [3.05, 3.63) is 95.8 Å². The molecule has 33 heavy (non-hydrogen) atoms. The van der Waals surface area contributed by atoms with Crippen LogP contribution in [-0.4, -0.2) is 28.3 Å². The molecule has 0 aliphatic heterocycles. The van der Waals surface area contributed by atoms with E-state index >= 15 is 0 Å². The summed E-state index contributed by atoms with van der Waals surface area (Å²) in [7, 11) is 0. The molecule has 1 heterocycles. The Morgan fingerprint density at radius 3 is 2.52 bits per heavy atom. The number of hydrogen-bond donors (Lipinski definition) is 2. The Labute approximate surface area is 193 Å². The maximum atomic E-state index is 12.8. The van der Waals surface area contributed by atoms with E-state index in [1.165, 1.54) is 0 Å². The minimum atomic E-state index is -0.323. The van der Waals surface area contributed by atoms with Crippen molar-refractivity contribution in [2.45, 2.75) is 32.2 Å². The van der Waals surface area contributed by atoms with Gasteiger partial charge in [0.05, 0.1) is 30.0 Å². The number of H-pyrrole nitrogens is 1. The third-order valence-corrected chi connectivity index (χ3v) is 5.44. The van der Waals surface area contributed by atoms with Crippen LogP contribution in [0.1, 0.15) is 53.7 Å². The first-order valence-electron chi connectivity index (χ1n) is 11.2. The molecule has 1 aromatic heterocycles. The van der Waals surface area contributed by atoms with Gasteiger partial charge in [0.25, 0.3) is 0 Å². The van der Waals surface area contributed by atoms with Crippen molar-refractivity contribution in [2.24, 2.45) is 0 Å². The van der Waals surface area contributed by atoms with Crippen molar-refractivity contribution >= 4 is 22.7 Å². The standard InChI is InChI=1S/C27H27N3O3/c1-2-16-33-22-11-8-19(9-12-22)25(31)14-15-26(32)30-27(20-6-4-3-5-7-20)21-10-13-23-24(17-21)29-18-28-23/h3-13,17-18,27H,2,14-16H2,1H3,(H,28,29)(H,30,32)/t27-/m0/s1. The minimum absolute atomic E-state index is 0.0673. The van der Waals surface area contributed by atoms with Crippen molar-refractivity contribution in [3.8, 4) is 5.75 Å². The second kappa shape index (κ2) is 10.6. The summed E-state index contributed by atoms with van der Waals surface area (Å²) in [6.45, 7) is 2.68. The van der Waals surface area contributed by atoms with Crippen LogP contribution in [0.25, 0.3) is 11.0 Å². The second-order valence-corrected chi connectivity index (χ2v) is 7.89. The first-order valence-corrected chi connectivity index (χ1v) is 11.2. The van der Waals surface area contributed by atoms with Crippen molar-refractivity contribution in [1.82, 2.24) is 15.3 Å². The van der Waals surface area contributed by atoms with Crippen LogP contribution in [0.15, 0.2) is 79.1 Å². The van der Waals surface area contributed by atoms with Crippen molar-refractivity contribution < 1.29 is 14.3 Å². The summed E-state index contributed by atoms with van der Waals surface area (Å²) in [6, 6.07) is 22.4. The molecular weight excluding hydrogens is 414 g/mol. The summed E-state index contributed by atoms with van der Waals surface area (Å²) >= 11 is 0. The van der Waals surface area contributed by atoms with Gasteiger partial charge >= 0.3 is 0 Å². The lowest BCUT2D eigenvalue weighted by molar-refractivity contribution is -0.121. The first kappa shape index (κ1) is 22.3. The summed E-state index contributed by atoms with van der Waals surface area (Å²) in [5.41, 5.74) is 4.27. The molecule has 0 spiro atoms. The summed E-state index contributed by atoms with van der Waals surface area (Å²) in [4.78, 5) is 32.8. The van der Waals surface area contributed by atoms with Crippen LogP contribution in [0.2, 0.25) is 0 Å². The van der Waals surface area contributed by atoms with Gasteiger partial charge in [0, 0.05) is 18.4 Å². The van der Waals surface area contributed by atoms with Gasteiger partial charge in [0.1, 0.15) is 5.75 Å². The predicted molar refractivity (Wildman–Crippen MR) is 128 cm³/mol. The SMILES string of the molecule is CCCOc1ccc(C(=O)CCC(=O)N[C@@H](c2ccccc2)c2ccc3nc[nH]c3c2)cc1. The van der Waals surface area contributed by atoms with Gasteiger partial charge in [0.15, 0.2) is 5.78 Å². The lowest BCUT2D eigenvalue weighted by Crippen LogP contribution is -2.29. The number of carbonyl (C=O) groups is 2. The number of benzene rings is 3. The van der Waals surface area contributed by atoms with Gasteiger partial charge in [0.2, 0.25) is 5.91 Å². The smallest absolute Gasteiger partial charge is 0.221 e. The quantitative estimate of drug-likeness (QED) is 0.331. The maximum absolute atomic E-state index is 12.8. The number of ketones is 1. The van der Waals surface area contributed by atoms with Crippen LogP contribution in [0, 0.1) is 0 Å². The molecule has 3 aromatic carbocycles. The van der Waals surface area contributed by atoms with E-state index in [2.05, 4.69) is 15.3 Å². The maximum Gasteiger partial charge on any atom is 0.221 e. The molecule has 0 bridgehead atoms. The molecule has 0 unspecified atom stereocenters. The Morgan fingerprint density at radius 1 is 0.970 bits per heavy atom. The van der Waals surface area contributed by atoms with Crippen LogP contribution < -0.4 is 10.1 Å². The number of fused-ring (bicyclic) bond motifs is 1. The Morgan fingerprint density at radius 2 is 1.76 bits per heavy atom. The van der Waals surface area contributed by atoms with Gasteiger partial charge in [-0.3, -0.25) is 9.59 Å². The largest absolute Gasteiger partial charge is 0.494 e. The number of nitrogens with zero attached hydrogens (tertiary/aromatic N) is 1. The lowest BCUT2D eigenvalue weighted by atomic mass is 9.97. The van der Waals surface area contributed by atoms with E-state index in [0.717, 1.165) is 34.3 Å². The van der Waals surface area contributed by atoms with E-state index in [-0.39, 0.29) is 30.6 Å². The van der Waals surface area contributed by atoms with Crippen LogP contribution in [0.4, 0.5) is 0 Å². The van der Waals surface area contributed by atoms with Crippen molar-refractivity contribution in [1.29, 1.82) is 0 Å². The summed E-state index contributed by atoms with van der Waals surface area (Å²) < 4.78 is 5.56. The van der Waals surface area contributed by atoms with Gasteiger partial charge in [-0.05, 0) is 53.9 Å². The molecule has 1 amide bonds. The number of aromatic nitrogens is 2. The highest BCUT2D eigenvalue weighted by molar-refractivity contribution is 5.98. The van der Waals surface area contributed by atoms with Gasteiger partial charge in [-0.1, -0.05) is 43.3 Å². The minimum Gasteiger partial charge on any atom is -0.494 e. The van der Waals surface area contributed by atoms with E-state index in [4.69, 9.17) is 4.74 Å². The molecule has 168 valence electrons. The Bertz CT molecular complexity index is 1220. The van der Waals surface area contributed by atoms with Gasteiger partial charge in [-0.2, -0.15) is 0 Å². The molecule has 4 rings (SSSR count). The molecule has 1 atom stereocenters. The fourth-order valence-electron chi connectivity index (χ4n) is 3.70. The molecule has 6 heteroatoms. The number of imidazole rings is 1. The van der Waals surface area contributed by atoms with Crippen LogP contribution in [0.5, 0.6) is 5.75 Å². The van der Waals surface area contributed by atoms with Crippen LogP contribution >= 0.6 is 0 Å². The van der Waals surface area contributed by atoms with E-state index in [1.807, 2.05) is 55.5 Å². The topological polar surface area (TPSA) is 84.1 Å². The first-order chi connectivity index (χ1) is 16.1. The second-order valence-electron chi connectivity index (χ2n) is 7.89. The van der Waals surface area contributed by atoms with E-state index in [1.54, 1.807) is 30.6 Å². The summed E-state index contributed by atoms with van der Waals surface area (Å²) in [5, 5.41) is 3.10.